The number of rotatable bonds is 4. The third-order valence-corrected chi connectivity index (χ3v) is 2.89. The summed E-state index contributed by atoms with van der Waals surface area (Å²) in [4.78, 5) is 18.0. The maximum Gasteiger partial charge on any atom is 0.289 e. The first-order chi connectivity index (χ1) is 9.08. The molecule has 19 heavy (non-hydrogen) atoms. The summed E-state index contributed by atoms with van der Waals surface area (Å²) in [6, 6.07) is 4.99. The van der Waals surface area contributed by atoms with E-state index in [9.17, 15) is 10.1 Å². The zero-order chi connectivity index (χ0) is 13.8. The van der Waals surface area contributed by atoms with E-state index >= 15 is 0 Å². The predicted octanol–water partition coefficient (Wildman–Crippen LogP) is 3.21. The van der Waals surface area contributed by atoms with Crippen LogP contribution in [-0.4, -0.2) is 14.9 Å². The van der Waals surface area contributed by atoms with Crippen LogP contribution in [-0.2, 0) is 0 Å². The smallest absolute Gasteiger partial charge is 0.289 e. The van der Waals surface area contributed by atoms with Gasteiger partial charge in [0, 0.05) is 18.5 Å². The lowest BCUT2D eigenvalue weighted by Crippen LogP contribution is -2.08. The van der Waals surface area contributed by atoms with Gasteiger partial charge in [-0.05, 0) is 24.6 Å². The van der Waals surface area contributed by atoms with Gasteiger partial charge in [0.15, 0.2) is 0 Å². The van der Waals surface area contributed by atoms with Crippen LogP contribution in [0.25, 0.3) is 0 Å². The molecule has 2 aromatic heterocycles. The standard InChI is InChI=1S/C12H11ClN4O2/c1-8(9-2-4-14-5-3-9)16-12-11(13)6-10(7-15-12)17(18)19/h2-8H,1H3,(H,15,16). The molecule has 0 saturated carbocycles. The second kappa shape index (κ2) is 5.62. The summed E-state index contributed by atoms with van der Waals surface area (Å²) in [5.41, 5.74) is 0.887. The Hall–Kier alpha value is -2.21. The average Bonchev–Trinajstić information content (AvgIpc) is 2.41. The third kappa shape index (κ3) is 3.17. The molecule has 0 spiro atoms. The van der Waals surface area contributed by atoms with Gasteiger partial charge >= 0.3 is 0 Å². The van der Waals surface area contributed by atoms with Crippen LogP contribution in [0.15, 0.2) is 36.8 Å². The van der Waals surface area contributed by atoms with Crippen molar-refractivity contribution in [2.75, 3.05) is 5.32 Å². The van der Waals surface area contributed by atoms with Crippen molar-refractivity contribution in [1.82, 2.24) is 9.97 Å². The lowest BCUT2D eigenvalue weighted by atomic mass is 10.1. The molecule has 1 N–H and O–H groups in total. The van der Waals surface area contributed by atoms with Crippen LogP contribution >= 0.6 is 11.6 Å². The Kier molecular flexibility index (Phi) is 3.91. The number of hydrogen-bond donors (Lipinski definition) is 1. The third-order valence-electron chi connectivity index (χ3n) is 2.60. The summed E-state index contributed by atoms with van der Waals surface area (Å²) >= 11 is 5.96. The Morgan fingerprint density at radius 1 is 1.42 bits per heavy atom. The molecule has 2 rings (SSSR count). The first-order valence-electron chi connectivity index (χ1n) is 5.54. The Labute approximate surface area is 114 Å². The largest absolute Gasteiger partial charge is 0.362 e. The molecule has 0 aliphatic carbocycles. The highest BCUT2D eigenvalue weighted by Gasteiger charge is 2.13. The first kappa shape index (κ1) is 13.2. The van der Waals surface area contributed by atoms with Crippen molar-refractivity contribution in [1.29, 1.82) is 0 Å². The SMILES string of the molecule is CC(Nc1ncc([N+](=O)[O-])cc1Cl)c1ccncc1. The van der Waals surface area contributed by atoms with Gasteiger partial charge in [0.1, 0.15) is 12.0 Å². The van der Waals surface area contributed by atoms with E-state index in [4.69, 9.17) is 11.6 Å². The summed E-state index contributed by atoms with van der Waals surface area (Å²) in [6.07, 6.45) is 4.56. The van der Waals surface area contributed by atoms with Crippen molar-refractivity contribution in [3.8, 4) is 0 Å². The van der Waals surface area contributed by atoms with Crippen LogP contribution in [0.5, 0.6) is 0 Å². The summed E-state index contributed by atoms with van der Waals surface area (Å²) < 4.78 is 0. The monoisotopic (exact) mass is 278 g/mol. The topological polar surface area (TPSA) is 81.0 Å². The van der Waals surface area contributed by atoms with Crippen molar-refractivity contribution in [3.05, 3.63) is 57.5 Å². The van der Waals surface area contributed by atoms with Crippen LogP contribution < -0.4 is 5.32 Å². The van der Waals surface area contributed by atoms with Crippen molar-refractivity contribution >= 4 is 23.1 Å². The molecule has 0 fully saturated rings. The molecule has 0 aliphatic heterocycles. The maximum atomic E-state index is 10.6. The van der Waals surface area contributed by atoms with Gasteiger partial charge in [-0.15, -0.1) is 0 Å². The summed E-state index contributed by atoms with van der Waals surface area (Å²) in [6.45, 7) is 1.94. The summed E-state index contributed by atoms with van der Waals surface area (Å²) in [7, 11) is 0. The number of hydrogen-bond acceptors (Lipinski definition) is 5. The Morgan fingerprint density at radius 3 is 2.68 bits per heavy atom. The number of nitrogens with zero attached hydrogens (tertiary/aromatic N) is 3. The fraction of sp³-hybridized carbons (Fsp3) is 0.167. The van der Waals surface area contributed by atoms with Crippen molar-refractivity contribution in [3.63, 3.8) is 0 Å². The zero-order valence-electron chi connectivity index (χ0n) is 10.1. The molecule has 2 aromatic rings. The van der Waals surface area contributed by atoms with Gasteiger partial charge in [-0.2, -0.15) is 0 Å². The number of nitrogens with one attached hydrogen (secondary N) is 1. The summed E-state index contributed by atoms with van der Waals surface area (Å²) in [5.74, 6) is 0.413. The molecule has 0 saturated heterocycles. The van der Waals surface area contributed by atoms with E-state index in [-0.39, 0.29) is 16.8 Å². The molecular weight excluding hydrogens is 268 g/mol. The predicted molar refractivity (Wildman–Crippen MR) is 72.2 cm³/mol. The van der Waals surface area contributed by atoms with Gasteiger partial charge in [0.25, 0.3) is 5.69 Å². The highest BCUT2D eigenvalue weighted by molar-refractivity contribution is 6.33. The van der Waals surface area contributed by atoms with Crippen LogP contribution in [0.1, 0.15) is 18.5 Å². The minimum atomic E-state index is -0.533. The molecule has 0 radical (unpaired) electrons. The number of anilines is 1. The number of halogens is 1. The molecule has 98 valence electrons. The zero-order valence-corrected chi connectivity index (χ0v) is 10.8. The van der Waals surface area contributed by atoms with Crippen LogP contribution in [0.2, 0.25) is 5.02 Å². The molecule has 2 heterocycles. The molecule has 0 amide bonds. The molecule has 1 atom stereocenters. The molecule has 7 heteroatoms. The Balaban J connectivity index is 2.18. The Bertz CT molecular complexity index is 592. The van der Waals surface area contributed by atoms with Crippen molar-refractivity contribution in [2.24, 2.45) is 0 Å². The Morgan fingerprint density at radius 2 is 2.11 bits per heavy atom. The lowest BCUT2D eigenvalue weighted by molar-refractivity contribution is -0.385. The van der Waals surface area contributed by atoms with E-state index in [1.807, 2.05) is 19.1 Å². The average molecular weight is 279 g/mol. The van der Waals surface area contributed by atoms with Crippen LogP contribution in [0.4, 0.5) is 11.5 Å². The minimum Gasteiger partial charge on any atom is -0.362 e. The summed E-state index contributed by atoms with van der Waals surface area (Å²) in [5, 5.41) is 13.9. The molecule has 0 bridgehead atoms. The number of nitro groups is 1. The van der Waals surface area contributed by atoms with E-state index in [2.05, 4.69) is 15.3 Å². The van der Waals surface area contributed by atoms with Gasteiger partial charge in [-0.25, -0.2) is 4.98 Å². The van der Waals surface area contributed by atoms with E-state index in [0.717, 1.165) is 5.56 Å². The molecule has 0 aromatic carbocycles. The van der Waals surface area contributed by atoms with Crippen LogP contribution in [0.3, 0.4) is 0 Å². The van der Waals surface area contributed by atoms with Gasteiger partial charge in [0.2, 0.25) is 0 Å². The second-order valence-electron chi connectivity index (χ2n) is 3.93. The first-order valence-corrected chi connectivity index (χ1v) is 5.92. The number of pyridine rings is 2. The number of aromatic nitrogens is 2. The van der Waals surface area contributed by atoms with E-state index in [1.165, 1.54) is 12.3 Å². The van der Waals surface area contributed by atoms with Gasteiger partial charge in [0.05, 0.1) is 16.0 Å². The minimum absolute atomic E-state index is 0.0329. The molecule has 6 nitrogen and oxygen atoms in total. The highest BCUT2D eigenvalue weighted by Crippen LogP contribution is 2.26. The fourth-order valence-electron chi connectivity index (χ4n) is 1.57. The molecule has 1 unspecified atom stereocenters. The molecule has 0 aliphatic rings. The van der Waals surface area contributed by atoms with Crippen molar-refractivity contribution < 1.29 is 4.92 Å². The van der Waals surface area contributed by atoms with Crippen molar-refractivity contribution in [2.45, 2.75) is 13.0 Å². The van der Waals surface area contributed by atoms with Gasteiger partial charge < -0.3 is 5.32 Å². The van der Waals surface area contributed by atoms with E-state index in [1.54, 1.807) is 12.4 Å². The molecular formula is C12H11ClN4O2. The van der Waals surface area contributed by atoms with Gasteiger partial charge in [-0.1, -0.05) is 11.6 Å². The van der Waals surface area contributed by atoms with Crippen LogP contribution in [0, 0.1) is 10.1 Å². The normalized spacial score (nSPS) is 11.9. The lowest BCUT2D eigenvalue weighted by Gasteiger charge is -2.15. The van der Waals surface area contributed by atoms with E-state index in [0.29, 0.717) is 5.82 Å². The highest BCUT2D eigenvalue weighted by atomic mass is 35.5. The maximum absolute atomic E-state index is 10.6. The second-order valence-corrected chi connectivity index (χ2v) is 4.33. The van der Waals surface area contributed by atoms with E-state index < -0.39 is 4.92 Å². The van der Waals surface area contributed by atoms with Gasteiger partial charge in [-0.3, -0.25) is 15.1 Å². The quantitative estimate of drug-likeness (QED) is 0.686. The fourth-order valence-corrected chi connectivity index (χ4v) is 1.79.